The van der Waals surface area contributed by atoms with E-state index in [0.717, 1.165) is 38.1 Å². The molecule has 0 spiro atoms. The zero-order chi connectivity index (χ0) is 23.0. The molecule has 0 aliphatic heterocycles. The van der Waals surface area contributed by atoms with Crippen molar-refractivity contribution in [2.75, 3.05) is 12.4 Å². The second kappa shape index (κ2) is 8.47. The van der Waals surface area contributed by atoms with Crippen molar-refractivity contribution in [1.29, 1.82) is 0 Å². The van der Waals surface area contributed by atoms with Gasteiger partial charge in [-0.3, -0.25) is 0 Å². The number of aryl methyl sites for hydroxylation is 4. The van der Waals surface area contributed by atoms with Crippen molar-refractivity contribution in [3.8, 4) is 22.0 Å². The molecule has 0 atom stereocenters. The van der Waals surface area contributed by atoms with Gasteiger partial charge >= 0.3 is 5.97 Å². The molecule has 2 N–H and O–H groups in total. The van der Waals surface area contributed by atoms with Crippen LogP contribution in [0.15, 0.2) is 42.5 Å². The summed E-state index contributed by atoms with van der Waals surface area (Å²) < 4.78 is 7.04. The van der Waals surface area contributed by atoms with Crippen molar-refractivity contribution >= 4 is 28.8 Å². The first-order chi connectivity index (χ1) is 15.3. The van der Waals surface area contributed by atoms with Crippen LogP contribution in [0.1, 0.15) is 32.2 Å². The number of carbonyl (C=O) groups is 1. The van der Waals surface area contributed by atoms with E-state index in [0.29, 0.717) is 17.3 Å². The number of ether oxygens (including phenoxy) is 1. The minimum absolute atomic E-state index is 0.108. The molecule has 0 radical (unpaired) electrons. The third kappa shape index (κ3) is 3.85. The van der Waals surface area contributed by atoms with Gasteiger partial charge in [-0.05, 0) is 57.5 Å². The molecule has 2 heterocycles. The molecule has 8 heteroatoms. The van der Waals surface area contributed by atoms with E-state index in [1.165, 1.54) is 13.2 Å². The fourth-order valence-corrected chi connectivity index (χ4v) is 4.53. The van der Waals surface area contributed by atoms with Crippen LogP contribution >= 0.6 is 11.3 Å². The predicted molar refractivity (Wildman–Crippen MR) is 127 cm³/mol. The molecular weight excluding hydrogens is 424 g/mol. The molecule has 2 aromatic carbocycles. The van der Waals surface area contributed by atoms with Gasteiger partial charge < -0.3 is 15.2 Å². The van der Waals surface area contributed by atoms with Crippen LogP contribution in [0.5, 0.6) is 5.75 Å². The maximum atomic E-state index is 12.0. The Morgan fingerprint density at radius 2 is 1.84 bits per heavy atom. The van der Waals surface area contributed by atoms with E-state index in [9.17, 15) is 9.90 Å². The van der Waals surface area contributed by atoms with Gasteiger partial charge in [0.15, 0.2) is 0 Å². The normalized spacial score (nSPS) is 10.9. The van der Waals surface area contributed by atoms with Gasteiger partial charge in [-0.15, -0.1) is 11.3 Å². The summed E-state index contributed by atoms with van der Waals surface area (Å²) in [5, 5.41) is 18.8. The van der Waals surface area contributed by atoms with E-state index in [1.54, 1.807) is 23.5 Å². The van der Waals surface area contributed by atoms with E-state index in [2.05, 4.69) is 5.32 Å². The molecule has 0 aliphatic rings. The molecule has 0 fully saturated rings. The van der Waals surface area contributed by atoms with Gasteiger partial charge in [0.1, 0.15) is 16.6 Å². The lowest BCUT2D eigenvalue weighted by molar-refractivity contribution is 0.0697. The molecule has 0 saturated heterocycles. The maximum Gasteiger partial charge on any atom is 0.337 e. The standard InChI is InChI=1S/C24H24N4O3S/c1-13-8-6-7-9-20(13)28-22(21(15(3)27-28)23-25-14(2)16(4)32-23)26-19-11-10-17(31-5)12-18(19)24(29)30/h6-12,26H,1-5H3,(H,29,30). The number of aromatic carboxylic acids is 1. The maximum absolute atomic E-state index is 12.0. The highest BCUT2D eigenvalue weighted by molar-refractivity contribution is 7.15. The minimum atomic E-state index is -1.05. The van der Waals surface area contributed by atoms with Crippen LogP contribution in [0, 0.1) is 27.7 Å². The van der Waals surface area contributed by atoms with Crippen molar-refractivity contribution in [2.45, 2.75) is 27.7 Å². The molecule has 4 aromatic rings. The number of thiazole rings is 1. The Hall–Kier alpha value is -3.65. The third-order valence-electron chi connectivity index (χ3n) is 5.36. The largest absolute Gasteiger partial charge is 0.497 e. The van der Waals surface area contributed by atoms with E-state index in [-0.39, 0.29) is 5.56 Å². The van der Waals surface area contributed by atoms with Gasteiger partial charge in [0.2, 0.25) is 0 Å². The Morgan fingerprint density at radius 1 is 1.09 bits per heavy atom. The summed E-state index contributed by atoms with van der Waals surface area (Å²) in [6, 6.07) is 12.9. The summed E-state index contributed by atoms with van der Waals surface area (Å²) >= 11 is 1.59. The number of para-hydroxylation sites is 1. The number of carboxylic acids is 1. The molecule has 0 unspecified atom stereocenters. The van der Waals surface area contributed by atoms with E-state index in [1.807, 2.05) is 56.6 Å². The minimum Gasteiger partial charge on any atom is -0.497 e. The average molecular weight is 449 g/mol. The van der Waals surface area contributed by atoms with Crippen molar-refractivity contribution < 1.29 is 14.6 Å². The average Bonchev–Trinajstić information content (AvgIpc) is 3.26. The van der Waals surface area contributed by atoms with Crippen LogP contribution in [-0.4, -0.2) is 33.0 Å². The summed E-state index contributed by atoms with van der Waals surface area (Å²) in [5.41, 5.74) is 5.12. The number of anilines is 2. The fraction of sp³-hybridized carbons (Fsp3) is 0.208. The Labute approximate surface area is 190 Å². The molecular formula is C24H24N4O3S. The molecule has 0 aliphatic carbocycles. The first-order valence-corrected chi connectivity index (χ1v) is 10.9. The Balaban J connectivity index is 1.96. The van der Waals surface area contributed by atoms with Crippen LogP contribution < -0.4 is 10.1 Å². The summed E-state index contributed by atoms with van der Waals surface area (Å²) in [6.07, 6.45) is 0. The lowest BCUT2D eigenvalue weighted by atomic mass is 10.1. The molecule has 0 saturated carbocycles. The van der Waals surface area contributed by atoms with E-state index >= 15 is 0 Å². The van der Waals surface area contributed by atoms with Crippen molar-refractivity contribution in [3.05, 3.63) is 69.9 Å². The highest BCUT2D eigenvalue weighted by atomic mass is 32.1. The van der Waals surface area contributed by atoms with Crippen LogP contribution in [-0.2, 0) is 0 Å². The van der Waals surface area contributed by atoms with Crippen molar-refractivity contribution in [1.82, 2.24) is 14.8 Å². The number of nitrogens with one attached hydrogen (secondary N) is 1. The Kier molecular flexibility index (Phi) is 5.71. The van der Waals surface area contributed by atoms with Gasteiger partial charge in [-0.2, -0.15) is 5.10 Å². The SMILES string of the molecule is COc1ccc(Nc2c(-c3nc(C)c(C)s3)c(C)nn2-c2ccccc2C)c(C(=O)O)c1. The first-order valence-electron chi connectivity index (χ1n) is 10.1. The molecule has 2 aromatic heterocycles. The van der Waals surface area contributed by atoms with Gasteiger partial charge in [-0.1, -0.05) is 18.2 Å². The molecule has 4 rings (SSSR count). The highest BCUT2D eigenvalue weighted by Gasteiger charge is 2.24. The molecule has 32 heavy (non-hydrogen) atoms. The predicted octanol–water partition coefficient (Wildman–Crippen LogP) is 5.68. The quantitative estimate of drug-likeness (QED) is 0.394. The van der Waals surface area contributed by atoms with Crippen molar-refractivity contribution in [3.63, 3.8) is 0 Å². The van der Waals surface area contributed by atoms with Crippen LogP contribution in [0.25, 0.3) is 16.3 Å². The third-order valence-corrected chi connectivity index (χ3v) is 6.45. The number of nitrogens with zero attached hydrogens (tertiary/aromatic N) is 3. The second-order valence-electron chi connectivity index (χ2n) is 7.51. The van der Waals surface area contributed by atoms with E-state index in [4.69, 9.17) is 14.8 Å². The molecule has 0 bridgehead atoms. The topological polar surface area (TPSA) is 89.3 Å². The Morgan fingerprint density at radius 3 is 2.47 bits per heavy atom. The second-order valence-corrected chi connectivity index (χ2v) is 8.71. The zero-order valence-corrected chi connectivity index (χ0v) is 19.4. The van der Waals surface area contributed by atoms with E-state index < -0.39 is 5.97 Å². The van der Waals surface area contributed by atoms with Gasteiger partial charge in [0.25, 0.3) is 0 Å². The smallest absolute Gasteiger partial charge is 0.337 e. The summed E-state index contributed by atoms with van der Waals surface area (Å²) in [7, 11) is 1.51. The first kappa shape index (κ1) is 21.6. The van der Waals surface area contributed by atoms with Crippen LogP contribution in [0.2, 0.25) is 0 Å². The number of hydrogen-bond acceptors (Lipinski definition) is 6. The van der Waals surface area contributed by atoms with Gasteiger partial charge in [0.05, 0.1) is 41.0 Å². The number of benzene rings is 2. The monoisotopic (exact) mass is 448 g/mol. The fourth-order valence-electron chi connectivity index (χ4n) is 3.52. The van der Waals surface area contributed by atoms with Crippen LogP contribution in [0.4, 0.5) is 11.5 Å². The number of hydrogen-bond donors (Lipinski definition) is 2. The lowest BCUT2D eigenvalue weighted by Gasteiger charge is -2.15. The summed E-state index contributed by atoms with van der Waals surface area (Å²) in [6.45, 7) is 7.98. The van der Waals surface area contributed by atoms with Crippen LogP contribution in [0.3, 0.4) is 0 Å². The van der Waals surface area contributed by atoms with Gasteiger partial charge in [0, 0.05) is 4.88 Å². The molecule has 0 amide bonds. The van der Waals surface area contributed by atoms with Gasteiger partial charge in [-0.25, -0.2) is 14.5 Å². The summed E-state index contributed by atoms with van der Waals surface area (Å²) in [4.78, 5) is 17.8. The number of rotatable bonds is 6. The number of methoxy groups -OCH3 is 1. The van der Waals surface area contributed by atoms with Crippen molar-refractivity contribution in [2.24, 2.45) is 0 Å². The Bertz CT molecular complexity index is 1300. The lowest BCUT2D eigenvalue weighted by Crippen LogP contribution is -2.08. The zero-order valence-electron chi connectivity index (χ0n) is 18.6. The summed E-state index contributed by atoms with van der Waals surface area (Å²) in [5.74, 6) is 0.0914. The highest BCUT2D eigenvalue weighted by Crippen LogP contribution is 2.39. The molecule has 164 valence electrons. The number of aromatic nitrogens is 3. The molecule has 7 nitrogen and oxygen atoms in total. The number of carboxylic acid groups (broad SMARTS) is 1.